The molecule has 0 saturated heterocycles. The summed E-state index contributed by atoms with van der Waals surface area (Å²) in [5.74, 6) is -0.510. The number of aromatic nitrogens is 2. The molecule has 1 heterocycles. The van der Waals surface area contributed by atoms with Gasteiger partial charge in [0.05, 0.1) is 22.0 Å². The molecule has 0 bridgehead atoms. The highest BCUT2D eigenvalue weighted by atomic mass is 32.2. The van der Waals surface area contributed by atoms with Gasteiger partial charge in [-0.25, -0.2) is 13.1 Å². The van der Waals surface area contributed by atoms with Crippen LogP contribution < -0.4 is 15.6 Å². The van der Waals surface area contributed by atoms with Gasteiger partial charge in [-0.1, -0.05) is 42.5 Å². The maximum absolute atomic E-state index is 13.1. The molecule has 4 aromatic rings. The first-order valence-corrected chi connectivity index (χ1v) is 12.0. The van der Waals surface area contributed by atoms with Crippen LogP contribution in [0.2, 0.25) is 0 Å². The van der Waals surface area contributed by atoms with E-state index in [1.54, 1.807) is 74.1 Å². The van der Waals surface area contributed by atoms with Crippen molar-refractivity contribution in [2.45, 2.75) is 18.7 Å². The van der Waals surface area contributed by atoms with E-state index < -0.39 is 15.9 Å². The van der Waals surface area contributed by atoms with E-state index in [9.17, 15) is 18.0 Å². The summed E-state index contributed by atoms with van der Waals surface area (Å²) in [6.45, 7) is 3.39. The Morgan fingerprint density at radius 2 is 1.47 bits per heavy atom. The zero-order valence-electron chi connectivity index (χ0n) is 18.9. The van der Waals surface area contributed by atoms with Crippen molar-refractivity contribution >= 4 is 27.3 Å². The Kier molecular flexibility index (Phi) is 6.12. The molecule has 2 N–H and O–H groups in total. The molecule has 3 aromatic carbocycles. The quantitative estimate of drug-likeness (QED) is 0.441. The van der Waals surface area contributed by atoms with Gasteiger partial charge < -0.3 is 5.32 Å². The molecule has 0 aliphatic rings. The highest BCUT2D eigenvalue weighted by Crippen LogP contribution is 2.24. The molecule has 0 fully saturated rings. The molecule has 1 aromatic heterocycles. The second kappa shape index (κ2) is 9.03. The Hall–Kier alpha value is -4.11. The van der Waals surface area contributed by atoms with E-state index in [1.165, 1.54) is 16.8 Å². The lowest BCUT2D eigenvalue weighted by Gasteiger charge is -2.13. The first kappa shape index (κ1) is 23.1. The molecule has 34 heavy (non-hydrogen) atoms. The Morgan fingerprint density at radius 1 is 0.853 bits per heavy atom. The van der Waals surface area contributed by atoms with E-state index in [0.717, 1.165) is 0 Å². The number of rotatable bonds is 6. The fraction of sp³-hybridized carbons (Fsp3) is 0.120. The van der Waals surface area contributed by atoms with Gasteiger partial charge in [0.2, 0.25) is 0 Å². The van der Waals surface area contributed by atoms with Crippen LogP contribution >= 0.6 is 0 Å². The summed E-state index contributed by atoms with van der Waals surface area (Å²) in [6, 6.07) is 21.9. The number of carbonyl (C=O) groups excluding carboxylic acids is 1. The van der Waals surface area contributed by atoms with Crippen molar-refractivity contribution in [3.05, 3.63) is 106 Å². The summed E-state index contributed by atoms with van der Waals surface area (Å²) in [6.07, 6.45) is 0. The average molecular weight is 477 g/mol. The second-order valence-electron chi connectivity index (χ2n) is 7.79. The first-order valence-electron chi connectivity index (χ1n) is 10.5. The minimum absolute atomic E-state index is 0.116. The molecule has 0 spiro atoms. The molecule has 174 valence electrons. The minimum Gasteiger partial charge on any atom is -0.316 e. The molecule has 0 unspecified atom stereocenters. The predicted octanol–water partition coefficient (Wildman–Crippen LogP) is 3.85. The number of anilines is 2. The van der Waals surface area contributed by atoms with Crippen molar-refractivity contribution in [3.8, 4) is 5.69 Å². The molecule has 0 aliphatic carbocycles. The van der Waals surface area contributed by atoms with Crippen molar-refractivity contribution in [2.75, 3.05) is 10.0 Å². The highest BCUT2D eigenvalue weighted by Gasteiger charge is 2.21. The lowest BCUT2D eigenvalue weighted by molar-refractivity contribution is 0.102. The highest BCUT2D eigenvalue weighted by molar-refractivity contribution is 7.92. The van der Waals surface area contributed by atoms with Gasteiger partial charge in [-0.15, -0.1) is 0 Å². The van der Waals surface area contributed by atoms with Crippen LogP contribution in [0.25, 0.3) is 5.69 Å². The third-order valence-corrected chi connectivity index (χ3v) is 7.05. The van der Waals surface area contributed by atoms with Gasteiger partial charge in [-0.3, -0.25) is 19.0 Å². The monoisotopic (exact) mass is 476 g/mol. The summed E-state index contributed by atoms with van der Waals surface area (Å²) < 4.78 is 31.2. The van der Waals surface area contributed by atoms with Crippen LogP contribution in [0.4, 0.5) is 11.4 Å². The van der Waals surface area contributed by atoms with Crippen LogP contribution in [-0.2, 0) is 17.1 Å². The molecule has 0 radical (unpaired) electrons. The summed E-state index contributed by atoms with van der Waals surface area (Å²) in [4.78, 5) is 26.4. The van der Waals surface area contributed by atoms with Crippen LogP contribution in [0, 0.1) is 13.8 Å². The molecule has 4 rings (SSSR count). The van der Waals surface area contributed by atoms with Crippen LogP contribution in [-0.4, -0.2) is 23.7 Å². The summed E-state index contributed by atoms with van der Waals surface area (Å²) in [5.41, 5.74) is 2.03. The zero-order chi connectivity index (χ0) is 24.5. The number of hydrogen-bond donors (Lipinski definition) is 2. The Balaban J connectivity index is 1.65. The summed E-state index contributed by atoms with van der Waals surface area (Å²) in [5, 5.41) is 2.72. The van der Waals surface area contributed by atoms with Gasteiger partial charge in [0.15, 0.2) is 0 Å². The van der Waals surface area contributed by atoms with Gasteiger partial charge in [0.1, 0.15) is 5.69 Å². The van der Waals surface area contributed by atoms with Gasteiger partial charge >= 0.3 is 0 Å². The zero-order valence-corrected chi connectivity index (χ0v) is 19.8. The molecule has 9 heteroatoms. The maximum Gasteiger partial charge on any atom is 0.295 e. The van der Waals surface area contributed by atoms with Gasteiger partial charge in [0, 0.05) is 12.6 Å². The van der Waals surface area contributed by atoms with E-state index in [4.69, 9.17) is 0 Å². The van der Waals surface area contributed by atoms with E-state index in [2.05, 4.69) is 10.0 Å². The lowest BCUT2D eigenvalue weighted by Crippen LogP contribution is -2.23. The molecule has 0 saturated carbocycles. The molecular weight excluding hydrogens is 452 g/mol. The van der Waals surface area contributed by atoms with Crippen LogP contribution in [0.3, 0.4) is 0 Å². The number of benzene rings is 3. The average Bonchev–Trinajstić information content (AvgIpc) is 3.04. The van der Waals surface area contributed by atoms with E-state index in [0.29, 0.717) is 16.9 Å². The van der Waals surface area contributed by atoms with E-state index in [1.807, 2.05) is 18.2 Å². The number of hydrogen-bond acceptors (Lipinski definition) is 4. The number of nitrogens with zero attached hydrogens (tertiary/aromatic N) is 2. The number of carbonyl (C=O) groups is 1. The van der Waals surface area contributed by atoms with Gasteiger partial charge in [0.25, 0.3) is 21.5 Å². The molecule has 0 atom stereocenters. The molecule has 1 amide bonds. The number of nitrogens with one attached hydrogen (secondary N) is 2. The third-order valence-electron chi connectivity index (χ3n) is 5.67. The van der Waals surface area contributed by atoms with E-state index >= 15 is 0 Å². The largest absolute Gasteiger partial charge is 0.316 e. The van der Waals surface area contributed by atoms with Crippen molar-refractivity contribution < 1.29 is 13.2 Å². The van der Waals surface area contributed by atoms with Crippen molar-refractivity contribution in [3.63, 3.8) is 0 Å². The maximum atomic E-state index is 13.1. The molecule has 0 aliphatic heterocycles. The van der Waals surface area contributed by atoms with Crippen LogP contribution in [0.15, 0.2) is 88.6 Å². The minimum atomic E-state index is -3.82. The Labute approximate surface area is 197 Å². The summed E-state index contributed by atoms with van der Waals surface area (Å²) in [7, 11) is -2.08. The molecule has 8 nitrogen and oxygen atoms in total. The van der Waals surface area contributed by atoms with Crippen LogP contribution in [0.5, 0.6) is 0 Å². The normalized spacial score (nSPS) is 11.3. The fourth-order valence-electron chi connectivity index (χ4n) is 3.69. The smallest absolute Gasteiger partial charge is 0.295 e. The fourth-order valence-corrected chi connectivity index (χ4v) is 4.83. The Morgan fingerprint density at radius 3 is 2.12 bits per heavy atom. The van der Waals surface area contributed by atoms with Crippen molar-refractivity contribution in [2.24, 2.45) is 7.05 Å². The third kappa shape index (κ3) is 4.25. The topological polar surface area (TPSA) is 102 Å². The number of amides is 1. The SMILES string of the molecule is Cc1c(NS(=O)(=O)c2ccccc2)cccc1C(=O)Nc1c(C)n(C)n(-c2ccccc2)c1=O. The first-order chi connectivity index (χ1) is 16.2. The number of para-hydroxylation sites is 1. The summed E-state index contributed by atoms with van der Waals surface area (Å²) >= 11 is 0. The molecular formula is C25H24N4O4S. The standard InChI is InChI=1S/C25H24N4O4S/c1-17-21(15-10-16-22(17)27-34(32,33)20-13-8-5-9-14-20)24(30)26-23-18(2)28(3)29(25(23)31)19-11-6-4-7-12-19/h4-16,27H,1-3H3,(H,26,30). The van der Waals surface area contributed by atoms with Crippen molar-refractivity contribution in [1.29, 1.82) is 0 Å². The second-order valence-corrected chi connectivity index (χ2v) is 9.47. The van der Waals surface area contributed by atoms with Crippen LogP contribution in [0.1, 0.15) is 21.6 Å². The Bertz CT molecular complexity index is 1520. The van der Waals surface area contributed by atoms with E-state index in [-0.39, 0.29) is 27.4 Å². The van der Waals surface area contributed by atoms with Gasteiger partial charge in [-0.2, -0.15) is 0 Å². The van der Waals surface area contributed by atoms with Crippen molar-refractivity contribution in [1.82, 2.24) is 9.36 Å². The predicted molar refractivity (Wildman–Crippen MR) is 132 cm³/mol. The van der Waals surface area contributed by atoms with Gasteiger partial charge in [-0.05, 0) is 55.8 Å². The lowest BCUT2D eigenvalue weighted by atomic mass is 10.1. The number of sulfonamides is 1.